The second-order valence-corrected chi connectivity index (χ2v) is 6.50. The quantitative estimate of drug-likeness (QED) is 0.527. The van der Waals surface area contributed by atoms with Gasteiger partial charge in [0.1, 0.15) is 11.9 Å². The summed E-state index contributed by atoms with van der Waals surface area (Å²) in [5, 5.41) is 13.7. The van der Waals surface area contributed by atoms with E-state index in [-0.39, 0.29) is 0 Å². The highest BCUT2D eigenvalue weighted by atomic mass is 16.4. The zero-order chi connectivity index (χ0) is 19.3. The molecule has 4 rings (SSSR count). The van der Waals surface area contributed by atoms with Crippen molar-refractivity contribution in [1.29, 1.82) is 0 Å². The van der Waals surface area contributed by atoms with Gasteiger partial charge in [0.2, 0.25) is 0 Å². The molecule has 0 aliphatic heterocycles. The van der Waals surface area contributed by atoms with Crippen LogP contribution in [-0.2, 0) is 11.2 Å². The third-order valence-electron chi connectivity index (χ3n) is 4.53. The summed E-state index contributed by atoms with van der Waals surface area (Å²) in [6, 6.07) is 26.0. The number of anilines is 1. The number of benzene rings is 3. The summed E-state index contributed by atoms with van der Waals surface area (Å²) in [5.74, 6) is 0.159. The van der Waals surface area contributed by atoms with Crippen LogP contribution in [0.2, 0.25) is 0 Å². The van der Waals surface area contributed by atoms with Gasteiger partial charge in [0, 0.05) is 17.4 Å². The van der Waals surface area contributed by atoms with E-state index in [9.17, 15) is 9.90 Å². The summed E-state index contributed by atoms with van der Waals surface area (Å²) in [7, 11) is 0. The smallest absolute Gasteiger partial charge is 0.326 e. The van der Waals surface area contributed by atoms with Crippen LogP contribution in [0.15, 0.2) is 84.9 Å². The van der Waals surface area contributed by atoms with E-state index in [1.54, 1.807) is 0 Å². The molecule has 3 aromatic carbocycles. The normalized spacial score (nSPS) is 11.9. The van der Waals surface area contributed by atoms with Gasteiger partial charge >= 0.3 is 5.97 Å². The monoisotopic (exact) mass is 369 g/mol. The van der Waals surface area contributed by atoms with E-state index in [2.05, 4.69) is 15.3 Å². The number of hydrogen-bond donors (Lipinski definition) is 2. The van der Waals surface area contributed by atoms with Crippen molar-refractivity contribution in [2.75, 3.05) is 5.32 Å². The first-order valence-corrected chi connectivity index (χ1v) is 9.06. The molecule has 1 heterocycles. The van der Waals surface area contributed by atoms with Crippen molar-refractivity contribution in [2.45, 2.75) is 12.5 Å². The van der Waals surface area contributed by atoms with Crippen LogP contribution >= 0.6 is 0 Å². The van der Waals surface area contributed by atoms with Gasteiger partial charge in [0.05, 0.1) is 5.52 Å². The fourth-order valence-electron chi connectivity index (χ4n) is 3.12. The average Bonchev–Trinajstić information content (AvgIpc) is 2.74. The Morgan fingerprint density at radius 2 is 1.50 bits per heavy atom. The molecule has 0 saturated carbocycles. The first-order chi connectivity index (χ1) is 13.7. The van der Waals surface area contributed by atoms with Gasteiger partial charge in [0.25, 0.3) is 0 Å². The molecule has 1 aromatic heterocycles. The largest absolute Gasteiger partial charge is 0.480 e. The van der Waals surface area contributed by atoms with Crippen molar-refractivity contribution in [3.05, 3.63) is 90.5 Å². The molecule has 0 spiro atoms. The molecule has 0 aliphatic carbocycles. The second kappa shape index (κ2) is 7.88. The van der Waals surface area contributed by atoms with Gasteiger partial charge in [-0.2, -0.15) is 0 Å². The van der Waals surface area contributed by atoms with Crippen LogP contribution in [0.5, 0.6) is 0 Å². The minimum atomic E-state index is -0.923. The van der Waals surface area contributed by atoms with Crippen LogP contribution in [-0.4, -0.2) is 27.1 Å². The maximum atomic E-state index is 11.9. The van der Waals surface area contributed by atoms with E-state index in [1.165, 1.54) is 0 Å². The molecule has 5 nitrogen and oxygen atoms in total. The molecule has 0 unspecified atom stereocenters. The Hall–Kier alpha value is -3.73. The highest BCUT2D eigenvalue weighted by Crippen LogP contribution is 2.25. The zero-order valence-electron chi connectivity index (χ0n) is 15.1. The number of carboxylic acids is 1. The van der Waals surface area contributed by atoms with Crippen LogP contribution in [0, 0.1) is 0 Å². The molecule has 2 N–H and O–H groups in total. The number of para-hydroxylation sites is 1. The molecule has 0 aliphatic rings. The number of carboxylic acid groups (broad SMARTS) is 1. The van der Waals surface area contributed by atoms with Gasteiger partial charge in [0.15, 0.2) is 5.82 Å². The predicted octanol–water partition coefficient (Wildman–Crippen LogP) is 4.40. The summed E-state index contributed by atoms with van der Waals surface area (Å²) in [5.41, 5.74) is 2.60. The Bertz CT molecular complexity index is 1100. The topological polar surface area (TPSA) is 75.1 Å². The molecule has 138 valence electrons. The lowest BCUT2D eigenvalue weighted by atomic mass is 10.1. The maximum absolute atomic E-state index is 11.9. The Balaban J connectivity index is 1.74. The van der Waals surface area contributed by atoms with Gasteiger partial charge in [-0.25, -0.2) is 14.8 Å². The maximum Gasteiger partial charge on any atom is 0.326 e. The molecule has 28 heavy (non-hydrogen) atoms. The Morgan fingerprint density at radius 1 is 0.857 bits per heavy atom. The summed E-state index contributed by atoms with van der Waals surface area (Å²) in [4.78, 5) is 21.2. The Labute approximate surface area is 162 Å². The first kappa shape index (κ1) is 17.7. The molecule has 0 amide bonds. The van der Waals surface area contributed by atoms with Crippen LogP contribution in [0.1, 0.15) is 5.56 Å². The number of rotatable bonds is 6. The van der Waals surface area contributed by atoms with Gasteiger partial charge in [-0.3, -0.25) is 0 Å². The predicted molar refractivity (Wildman–Crippen MR) is 110 cm³/mol. The van der Waals surface area contributed by atoms with Crippen LogP contribution in [0.4, 0.5) is 5.82 Å². The van der Waals surface area contributed by atoms with Crippen molar-refractivity contribution >= 4 is 22.7 Å². The van der Waals surface area contributed by atoms with Gasteiger partial charge in [-0.05, 0) is 17.7 Å². The van der Waals surface area contributed by atoms with Crippen molar-refractivity contribution in [2.24, 2.45) is 0 Å². The molecular weight excluding hydrogens is 350 g/mol. The summed E-state index contributed by atoms with van der Waals surface area (Å²) >= 11 is 0. The van der Waals surface area contributed by atoms with E-state index >= 15 is 0 Å². The number of nitrogens with zero attached hydrogens (tertiary/aromatic N) is 2. The van der Waals surface area contributed by atoms with Crippen molar-refractivity contribution in [3.8, 4) is 11.4 Å². The van der Waals surface area contributed by atoms with Crippen LogP contribution < -0.4 is 5.32 Å². The molecule has 0 bridgehead atoms. The Morgan fingerprint density at radius 3 is 2.21 bits per heavy atom. The lowest BCUT2D eigenvalue weighted by molar-refractivity contribution is -0.137. The number of aliphatic carboxylic acids is 1. The van der Waals surface area contributed by atoms with Gasteiger partial charge in [-0.1, -0.05) is 72.8 Å². The summed E-state index contributed by atoms with van der Waals surface area (Å²) < 4.78 is 0. The highest BCUT2D eigenvalue weighted by Gasteiger charge is 2.20. The number of carbonyl (C=O) groups is 1. The van der Waals surface area contributed by atoms with Gasteiger partial charge in [-0.15, -0.1) is 0 Å². The highest BCUT2D eigenvalue weighted by molar-refractivity contribution is 5.92. The van der Waals surface area contributed by atoms with E-state index < -0.39 is 12.0 Å². The third-order valence-corrected chi connectivity index (χ3v) is 4.53. The fourth-order valence-corrected chi connectivity index (χ4v) is 3.12. The van der Waals surface area contributed by atoms with E-state index in [4.69, 9.17) is 0 Å². The minimum Gasteiger partial charge on any atom is -0.480 e. The van der Waals surface area contributed by atoms with E-state index in [0.717, 1.165) is 22.0 Å². The molecule has 4 aromatic rings. The Kier molecular flexibility index (Phi) is 4.97. The first-order valence-electron chi connectivity index (χ1n) is 9.06. The number of aromatic nitrogens is 2. The molecule has 0 fully saturated rings. The minimum absolute atomic E-state index is 0.356. The number of fused-ring (bicyclic) bond motifs is 1. The lowest BCUT2D eigenvalue weighted by Crippen LogP contribution is -2.32. The fraction of sp³-hybridized carbons (Fsp3) is 0.0870. The standard InChI is InChI=1S/C23H19N3O2/c27-23(28)20(15-16-9-3-1-4-10-16)25-22-18-13-7-8-14-19(18)24-21(26-22)17-11-5-2-6-12-17/h1-14,20H,15H2,(H,27,28)(H,24,25,26)/t20-/m0/s1. The van der Waals surface area contributed by atoms with Crippen molar-refractivity contribution < 1.29 is 9.90 Å². The molecule has 0 saturated heterocycles. The number of hydrogen-bond acceptors (Lipinski definition) is 4. The lowest BCUT2D eigenvalue weighted by Gasteiger charge is -2.17. The molecular formula is C23H19N3O2. The van der Waals surface area contributed by atoms with E-state index in [0.29, 0.717) is 18.1 Å². The summed E-state index contributed by atoms with van der Waals surface area (Å²) in [6.07, 6.45) is 0.356. The molecule has 5 heteroatoms. The van der Waals surface area contributed by atoms with Gasteiger partial charge < -0.3 is 10.4 Å². The SMILES string of the molecule is O=C(O)[C@H](Cc1ccccc1)Nc1nc(-c2ccccc2)nc2ccccc12. The average molecular weight is 369 g/mol. The second-order valence-electron chi connectivity index (χ2n) is 6.50. The van der Waals surface area contributed by atoms with Crippen LogP contribution in [0.25, 0.3) is 22.3 Å². The molecule has 1 atom stereocenters. The zero-order valence-corrected chi connectivity index (χ0v) is 15.1. The number of nitrogens with one attached hydrogen (secondary N) is 1. The van der Waals surface area contributed by atoms with Crippen molar-refractivity contribution in [3.63, 3.8) is 0 Å². The third kappa shape index (κ3) is 3.83. The summed E-state index contributed by atoms with van der Waals surface area (Å²) in [6.45, 7) is 0. The van der Waals surface area contributed by atoms with Crippen molar-refractivity contribution in [1.82, 2.24) is 9.97 Å². The van der Waals surface area contributed by atoms with Crippen LogP contribution in [0.3, 0.4) is 0 Å². The molecule has 0 radical (unpaired) electrons. The van der Waals surface area contributed by atoms with E-state index in [1.807, 2.05) is 84.9 Å².